The van der Waals surface area contributed by atoms with Crippen LogP contribution in [0.1, 0.15) is 36.8 Å². The van der Waals surface area contributed by atoms with Gasteiger partial charge in [-0.25, -0.2) is 0 Å². The number of benzene rings is 1. The van der Waals surface area contributed by atoms with Crippen LogP contribution in [0.15, 0.2) is 30.4 Å². The van der Waals surface area contributed by atoms with Gasteiger partial charge in [-0.1, -0.05) is 30.7 Å². The molecule has 1 aromatic carbocycles. The summed E-state index contributed by atoms with van der Waals surface area (Å²) in [6.45, 7) is 6.28. The highest BCUT2D eigenvalue weighted by Gasteiger charge is 2.17. The Hall–Kier alpha value is -1.24. The summed E-state index contributed by atoms with van der Waals surface area (Å²) in [4.78, 5) is 0. The molecule has 1 atom stereocenters. The van der Waals surface area contributed by atoms with Gasteiger partial charge >= 0.3 is 0 Å². The van der Waals surface area contributed by atoms with Crippen LogP contribution in [0, 0.1) is 12.8 Å². The molecule has 86 valence electrons. The molecule has 0 amide bonds. The Morgan fingerprint density at radius 3 is 2.88 bits per heavy atom. The van der Waals surface area contributed by atoms with Crippen LogP contribution in [0.4, 0.5) is 5.69 Å². The maximum absolute atomic E-state index is 5.83. The smallest absolute Gasteiger partial charge is 0.0343 e. The lowest BCUT2D eigenvalue weighted by atomic mass is 9.81. The van der Waals surface area contributed by atoms with Crippen molar-refractivity contribution in [1.82, 2.24) is 0 Å². The quantitative estimate of drug-likeness (QED) is 0.588. The fraction of sp³-hybridized carbons (Fsp3) is 0.467. The average molecular weight is 215 g/mol. The van der Waals surface area contributed by atoms with Crippen LogP contribution in [-0.4, -0.2) is 0 Å². The lowest BCUT2D eigenvalue weighted by molar-refractivity contribution is 0.452. The van der Waals surface area contributed by atoms with E-state index in [0.717, 1.165) is 12.1 Å². The van der Waals surface area contributed by atoms with E-state index in [1.807, 2.05) is 6.07 Å². The fourth-order valence-corrected chi connectivity index (χ4v) is 2.55. The van der Waals surface area contributed by atoms with Crippen molar-refractivity contribution in [2.75, 3.05) is 5.73 Å². The summed E-state index contributed by atoms with van der Waals surface area (Å²) in [5.41, 5.74) is 10.8. The molecule has 0 saturated heterocycles. The first-order chi connectivity index (χ1) is 7.66. The Labute approximate surface area is 98.4 Å². The van der Waals surface area contributed by atoms with E-state index < -0.39 is 0 Å². The van der Waals surface area contributed by atoms with Crippen LogP contribution in [-0.2, 0) is 6.42 Å². The Kier molecular flexibility index (Phi) is 3.33. The van der Waals surface area contributed by atoms with E-state index in [1.54, 1.807) is 0 Å². The van der Waals surface area contributed by atoms with Crippen molar-refractivity contribution >= 4 is 5.69 Å². The van der Waals surface area contributed by atoms with Crippen molar-refractivity contribution in [3.05, 3.63) is 41.5 Å². The van der Waals surface area contributed by atoms with Crippen LogP contribution in [0.3, 0.4) is 0 Å². The zero-order valence-corrected chi connectivity index (χ0v) is 10.1. The van der Waals surface area contributed by atoms with Gasteiger partial charge in [0.2, 0.25) is 0 Å². The highest BCUT2D eigenvalue weighted by atomic mass is 14.5. The largest absolute Gasteiger partial charge is 0.399 e. The van der Waals surface area contributed by atoms with Gasteiger partial charge in [-0.05, 0) is 55.7 Å². The van der Waals surface area contributed by atoms with Gasteiger partial charge in [0.1, 0.15) is 0 Å². The molecule has 16 heavy (non-hydrogen) atoms. The summed E-state index contributed by atoms with van der Waals surface area (Å²) in [7, 11) is 0. The number of anilines is 1. The summed E-state index contributed by atoms with van der Waals surface area (Å²) < 4.78 is 0. The first-order valence-corrected chi connectivity index (χ1v) is 6.19. The SMILES string of the molecule is C=C1CCCCC1Cc1ccc(N)c(C)c1. The molecule has 1 fully saturated rings. The van der Waals surface area contributed by atoms with Gasteiger partial charge in [0.25, 0.3) is 0 Å². The predicted molar refractivity (Wildman–Crippen MR) is 70.4 cm³/mol. The molecule has 1 aromatic rings. The van der Waals surface area contributed by atoms with Crippen molar-refractivity contribution in [2.24, 2.45) is 5.92 Å². The Morgan fingerprint density at radius 1 is 1.38 bits per heavy atom. The summed E-state index contributed by atoms with van der Waals surface area (Å²) in [6.07, 6.45) is 6.36. The zero-order chi connectivity index (χ0) is 11.5. The van der Waals surface area contributed by atoms with Crippen LogP contribution in [0.2, 0.25) is 0 Å². The number of allylic oxidation sites excluding steroid dienone is 1. The van der Waals surface area contributed by atoms with Gasteiger partial charge in [-0.3, -0.25) is 0 Å². The van der Waals surface area contributed by atoms with Crippen LogP contribution >= 0.6 is 0 Å². The van der Waals surface area contributed by atoms with Crippen LogP contribution in [0.5, 0.6) is 0 Å². The fourth-order valence-electron chi connectivity index (χ4n) is 2.55. The maximum atomic E-state index is 5.83. The third-order valence-electron chi connectivity index (χ3n) is 3.69. The molecule has 0 aromatic heterocycles. The normalized spacial score (nSPS) is 21.1. The summed E-state index contributed by atoms with van der Waals surface area (Å²) in [5.74, 6) is 0.691. The number of hydrogen-bond donors (Lipinski definition) is 1. The highest BCUT2D eigenvalue weighted by Crippen LogP contribution is 2.31. The molecule has 2 rings (SSSR count). The van der Waals surface area contributed by atoms with Crippen LogP contribution < -0.4 is 5.73 Å². The van der Waals surface area contributed by atoms with Gasteiger partial charge in [-0.2, -0.15) is 0 Å². The number of hydrogen-bond acceptors (Lipinski definition) is 1. The summed E-state index contributed by atoms with van der Waals surface area (Å²) in [5, 5.41) is 0. The Morgan fingerprint density at radius 2 is 2.19 bits per heavy atom. The minimum Gasteiger partial charge on any atom is -0.399 e. The molecule has 1 saturated carbocycles. The number of nitrogens with two attached hydrogens (primary N) is 1. The molecule has 2 N–H and O–H groups in total. The molecule has 0 spiro atoms. The maximum Gasteiger partial charge on any atom is 0.0343 e. The van der Waals surface area contributed by atoms with Gasteiger partial charge in [-0.15, -0.1) is 0 Å². The van der Waals surface area contributed by atoms with Gasteiger partial charge < -0.3 is 5.73 Å². The molecule has 0 bridgehead atoms. The average Bonchev–Trinajstić information content (AvgIpc) is 2.27. The topological polar surface area (TPSA) is 26.0 Å². The van der Waals surface area contributed by atoms with Crippen molar-refractivity contribution in [1.29, 1.82) is 0 Å². The van der Waals surface area contributed by atoms with E-state index in [1.165, 1.54) is 42.4 Å². The van der Waals surface area contributed by atoms with E-state index in [9.17, 15) is 0 Å². The Balaban J connectivity index is 2.08. The Bertz CT molecular complexity index is 392. The van der Waals surface area contributed by atoms with E-state index in [2.05, 4.69) is 25.6 Å². The summed E-state index contributed by atoms with van der Waals surface area (Å²) in [6, 6.07) is 6.40. The second-order valence-electron chi connectivity index (χ2n) is 5.00. The molecule has 0 aliphatic heterocycles. The third-order valence-corrected chi connectivity index (χ3v) is 3.69. The van der Waals surface area contributed by atoms with Gasteiger partial charge in [0.05, 0.1) is 0 Å². The monoisotopic (exact) mass is 215 g/mol. The van der Waals surface area contributed by atoms with E-state index >= 15 is 0 Å². The van der Waals surface area contributed by atoms with Gasteiger partial charge in [0.15, 0.2) is 0 Å². The first-order valence-electron chi connectivity index (χ1n) is 6.19. The molecule has 1 aliphatic carbocycles. The predicted octanol–water partition coefficient (Wildman–Crippen LogP) is 3.87. The van der Waals surface area contributed by atoms with Crippen molar-refractivity contribution in [3.8, 4) is 0 Å². The molecule has 0 radical (unpaired) electrons. The number of aryl methyl sites for hydroxylation is 1. The lowest BCUT2D eigenvalue weighted by Crippen LogP contribution is -2.12. The second-order valence-corrected chi connectivity index (χ2v) is 5.00. The molecule has 1 heteroatoms. The highest BCUT2D eigenvalue weighted by molar-refractivity contribution is 5.47. The first kappa shape index (κ1) is 11.3. The lowest BCUT2D eigenvalue weighted by Gasteiger charge is -2.24. The van der Waals surface area contributed by atoms with Crippen molar-refractivity contribution in [2.45, 2.75) is 39.0 Å². The number of rotatable bonds is 2. The minimum atomic E-state index is 0.691. The number of nitrogen functional groups attached to an aromatic ring is 1. The molecular weight excluding hydrogens is 194 g/mol. The molecular formula is C15H21N. The minimum absolute atomic E-state index is 0.691. The standard InChI is InChI=1S/C15H21N/c1-11-5-3-4-6-14(11)10-13-7-8-15(16)12(2)9-13/h7-9,14H,1,3-6,10,16H2,2H3. The third kappa shape index (κ3) is 2.46. The zero-order valence-electron chi connectivity index (χ0n) is 10.1. The molecule has 1 unspecified atom stereocenters. The van der Waals surface area contributed by atoms with Crippen LogP contribution in [0.25, 0.3) is 0 Å². The molecule has 1 nitrogen and oxygen atoms in total. The summed E-state index contributed by atoms with van der Waals surface area (Å²) >= 11 is 0. The second kappa shape index (κ2) is 4.73. The van der Waals surface area contributed by atoms with Crippen molar-refractivity contribution < 1.29 is 0 Å². The van der Waals surface area contributed by atoms with Crippen molar-refractivity contribution in [3.63, 3.8) is 0 Å². The molecule has 1 aliphatic rings. The van der Waals surface area contributed by atoms with E-state index in [-0.39, 0.29) is 0 Å². The van der Waals surface area contributed by atoms with Gasteiger partial charge in [0, 0.05) is 5.69 Å². The van der Waals surface area contributed by atoms with E-state index in [4.69, 9.17) is 5.73 Å². The molecule has 0 heterocycles. The van der Waals surface area contributed by atoms with E-state index in [0.29, 0.717) is 5.92 Å².